The van der Waals surface area contributed by atoms with Crippen LogP contribution in [0.2, 0.25) is 0 Å². The Hall–Kier alpha value is -2.34. The number of aliphatic hydroxyl groups is 2. The molecule has 2 atom stereocenters. The highest BCUT2D eigenvalue weighted by Crippen LogP contribution is 2.33. The van der Waals surface area contributed by atoms with Gasteiger partial charge in [-0.2, -0.15) is 0 Å². The summed E-state index contributed by atoms with van der Waals surface area (Å²) in [5.41, 5.74) is 1.92. The highest BCUT2D eigenvalue weighted by molar-refractivity contribution is 5.60. The predicted octanol–water partition coefficient (Wildman–Crippen LogP) is 1.73. The quantitative estimate of drug-likeness (QED) is 0.374. The van der Waals surface area contributed by atoms with Gasteiger partial charge in [-0.25, -0.2) is 9.97 Å². The van der Waals surface area contributed by atoms with E-state index in [1.54, 1.807) is 7.05 Å². The summed E-state index contributed by atoms with van der Waals surface area (Å²) in [7, 11) is 7.71. The third-order valence-corrected chi connectivity index (χ3v) is 7.54. The summed E-state index contributed by atoms with van der Waals surface area (Å²) in [4.78, 5) is 16.3. The van der Waals surface area contributed by atoms with E-state index in [1.807, 2.05) is 43.3 Å². The maximum absolute atomic E-state index is 10.5. The van der Waals surface area contributed by atoms with Gasteiger partial charge in [0, 0.05) is 69.2 Å². The van der Waals surface area contributed by atoms with Crippen LogP contribution in [0.4, 0.5) is 5.82 Å². The van der Waals surface area contributed by atoms with E-state index in [0.29, 0.717) is 30.1 Å². The van der Waals surface area contributed by atoms with Gasteiger partial charge in [-0.1, -0.05) is 12.1 Å². The third-order valence-electron chi connectivity index (χ3n) is 7.54. The fraction of sp³-hybridized carbons (Fsp3) is 0.643. The van der Waals surface area contributed by atoms with E-state index in [9.17, 15) is 10.2 Å². The fourth-order valence-corrected chi connectivity index (χ4v) is 5.20. The van der Waals surface area contributed by atoms with E-state index < -0.39 is 12.5 Å². The van der Waals surface area contributed by atoms with Crippen molar-refractivity contribution >= 4 is 5.82 Å². The molecule has 2 aliphatic heterocycles. The molecule has 0 saturated carbocycles. The summed E-state index contributed by atoms with van der Waals surface area (Å²) in [5, 5.41) is 23.5. The van der Waals surface area contributed by atoms with Crippen molar-refractivity contribution in [2.45, 2.75) is 50.1 Å². The van der Waals surface area contributed by atoms with E-state index in [2.05, 4.69) is 28.2 Å². The number of likely N-dealkylation sites (N-methyl/N-ethyl adjacent to an activating group) is 1. The van der Waals surface area contributed by atoms with Crippen LogP contribution in [-0.2, 0) is 4.74 Å². The van der Waals surface area contributed by atoms with Gasteiger partial charge >= 0.3 is 0 Å². The van der Waals surface area contributed by atoms with Crippen molar-refractivity contribution < 1.29 is 19.7 Å². The van der Waals surface area contributed by atoms with E-state index in [4.69, 9.17) is 19.4 Å². The van der Waals surface area contributed by atoms with E-state index in [-0.39, 0.29) is 6.61 Å². The van der Waals surface area contributed by atoms with Crippen LogP contribution in [0.1, 0.15) is 37.3 Å². The number of hydrogen-bond donors (Lipinski definition) is 3. The Balaban J connectivity index is 1.59. The van der Waals surface area contributed by atoms with Crippen LogP contribution < -0.4 is 15.0 Å². The number of nitrogens with one attached hydrogen (secondary N) is 1. The fourth-order valence-electron chi connectivity index (χ4n) is 5.20. The Morgan fingerprint density at radius 1 is 1.08 bits per heavy atom. The summed E-state index contributed by atoms with van der Waals surface area (Å²) in [6.07, 6.45) is 2.65. The zero-order valence-electron chi connectivity index (χ0n) is 23.2. The Morgan fingerprint density at radius 3 is 2.50 bits per heavy atom. The normalized spacial score (nSPS) is 19.4. The summed E-state index contributed by atoms with van der Waals surface area (Å²) in [5.74, 6) is 2.56. The number of rotatable bonds is 11. The second-order valence-corrected chi connectivity index (χ2v) is 10.6. The van der Waals surface area contributed by atoms with Crippen molar-refractivity contribution in [3.05, 3.63) is 36.0 Å². The number of nitrogens with zero attached hydrogens (tertiary/aromatic N) is 5. The van der Waals surface area contributed by atoms with Gasteiger partial charge in [-0.05, 0) is 59.0 Å². The molecule has 0 radical (unpaired) electrons. The molecule has 2 unspecified atom stereocenters. The van der Waals surface area contributed by atoms with Gasteiger partial charge in [0.05, 0.1) is 0 Å². The highest BCUT2D eigenvalue weighted by atomic mass is 16.5. The zero-order chi connectivity index (χ0) is 27.1. The van der Waals surface area contributed by atoms with Gasteiger partial charge < -0.3 is 29.9 Å². The molecule has 0 amide bonds. The molecule has 1 aromatic carbocycles. The van der Waals surface area contributed by atoms with Crippen LogP contribution in [0.15, 0.2) is 30.3 Å². The molecule has 2 aromatic rings. The largest absolute Gasteiger partial charge is 0.491 e. The van der Waals surface area contributed by atoms with Crippen LogP contribution in [0.3, 0.4) is 0 Å². The standard InChI is InChI=1S/C28H44N6O4/c1-29-18-23(35)19-38-24-7-5-6-21(16-24)27-30-25(20-8-12-34(13-9-20)28(36)32(2)3)17-26(31-27)33(4)22-10-14-37-15-11-22/h5-7,16-17,20,22-23,28-29,35-36H,8-15,18-19H2,1-4H3. The molecule has 38 heavy (non-hydrogen) atoms. The molecular formula is C28H44N6O4. The first-order valence-electron chi connectivity index (χ1n) is 13.7. The average molecular weight is 529 g/mol. The monoisotopic (exact) mass is 528 g/mol. The Labute approximate surface area is 226 Å². The first-order valence-corrected chi connectivity index (χ1v) is 13.7. The van der Waals surface area contributed by atoms with E-state index >= 15 is 0 Å². The van der Waals surface area contributed by atoms with Crippen molar-refractivity contribution in [2.24, 2.45) is 0 Å². The summed E-state index contributed by atoms with van der Waals surface area (Å²) < 4.78 is 11.4. The third kappa shape index (κ3) is 7.40. The summed E-state index contributed by atoms with van der Waals surface area (Å²) in [6.45, 7) is 3.84. The van der Waals surface area contributed by atoms with Crippen molar-refractivity contribution in [1.82, 2.24) is 25.1 Å². The summed E-state index contributed by atoms with van der Waals surface area (Å²) in [6, 6.07) is 10.3. The second kappa shape index (κ2) is 13.6. The zero-order valence-corrected chi connectivity index (χ0v) is 23.2. The first-order chi connectivity index (χ1) is 18.4. The molecule has 2 fully saturated rings. The highest BCUT2D eigenvalue weighted by Gasteiger charge is 2.28. The van der Waals surface area contributed by atoms with Crippen molar-refractivity contribution in [3.63, 3.8) is 0 Å². The number of hydrogen-bond acceptors (Lipinski definition) is 10. The van der Waals surface area contributed by atoms with Gasteiger partial charge in [0.25, 0.3) is 0 Å². The molecule has 0 spiro atoms. The minimum atomic E-state index is -0.583. The Bertz CT molecular complexity index is 1010. The second-order valence-electron chi connectivity index (χ2n) is 10.6. The van der Waals surface area contributed by atoms with Crippen LogP contribution in [0, 0.1) is 0 Å². The molecule has 2 saturated heterocycles. The number of ether oxygens (including phenoxy) is 2. The minimum absolute atomic E-state index is 0.209. The van der Waals surface area contributed by atoms with Crippen molar-refractivity contribution in [3.8, 4) is 17.1 Å². The molecule has 0 aliphatic carbocycles. The van der Waals surface area contributed by atoms with Gasteiger partial charge in [0.1, 0.15) is 24.3 Å². The summed E-state index contributed by atoms with van der Waals surface area (Å²) >= 11 is 0. The lowest BCUT2D eigenvalue weighted by molar-refractivity contribution is -0.0989. The van der Waals surface area contributed by atoms with Gasteiger partial charge in [0.15, 0.2) is 12.2 Å². The van der Waals surface area contributed by atoms with Gasteiger partial charge in [0.2, 0.25) is 0 Å². The van der Waals surface area contributed by atoms with Crippen LogP contribution in [0.25, 0.3) is 11.4 Å². The molecule has 10 nitrogen and oxygen atoms in total. The number of piperidine rings is 1. The van der Waals surface area contributed by atoms with E-state index in [1.165, 1.54) is 0 Å². The van der Waals surface area contributed by atoms with Crippen LogP contribution in [0.5, 0.6) is 5.75 Å². The Kier molecular flexibility index (Phi) is 10.3. The average Bonchev–Trinajstić information content (AvgIpc) is 2.96. The molecule has 10 heteroatoms. The van der Waals surface area contributed by atoms with Crippen LogP contribution in [-0.4, -0.2) is 116 Å². The molecule has 2 aliphatic rings. The maximum atomic E-state index is 10.5. The van der Waals surface area contributed by atoms with E-state index in [0.717, 1.165) is 69.1 Å². The molecule has 1 aromatic heterocycles. The molecular weight excluding hydrogens is 484 g/mol. The first kappa shape index (κ1) is 28.7. The molecule has 3 N–H and O–H groups in total. The topological polar surface area (TPSA) is 106 Å². The lowest BCUT2D eigenvalue weighted by Crippen LogP contribution is -2.48. The molecule has 0 bridgehead atoms. The van der Waals surface area contributed by atoms with Gasteiger partial charge in [-0.15, -0.1) is 0 Å². The maximum Gasteiger partial charge on any atom is 0.165 e. The molecule has 210 valence electrons. The van der Waals surface area contributed by atoms with Crippen molar-refractivity contribution in [1.29, 1.82) is 0 Å². The minimum Gasteiger partial charge on any atom is -0.491 e. The number of likely N-dealkylation sites (tertiary alicyclic amines) is 1. The number of aliphatic hydroxyl groups excluding tert-OH is 2. The smallest absolute Gasteiger partial charge is 0.165 e. The SMILES string of the molecule is CNCC(O)COc1cccc(-c2nc(C3CCN(C(O)N(C)C)CC3)cc(N(C)C3CCOCC3)n2)c1. The number of anilines is 1. The molecule has 4 rings (SSSR count). The van der Waals surface area contributed by atoms with Crippen LogP contribution >= 0.6 is 0 Å². The number of benzene rings is 1. The van der Waals surface area contributed by atoms with Crippen molar-refractivity contribution in [2.75, 3.05) is 72.5 Å². The predicted molar refractivity (Wildman–Crippen MR) is 148 cm³/mol. The Morgan fingerprint density at radius 2 is 1.82 bits per heavy atom. The number of aromatic nitrogens is 2. The lowest BCUT2D eigenvalue weighted by Gasteiger charge is -2.37. The van der Waals surface area contributed by atoms with Gasteiger partial charge in [-0.3, -0.25) is 9.80 Å². The molecule has 3 heterocycles. The lowest BCUT2D eigenvalue weighted by atomic mass is 9.93.